The predicted molar refractivity (Wildman–Crippen MR) is 153 cm³/mol. The van der Waals surface area contributed by atoms with E-state index in [9.17, 15) is 14.0 Å². The second-order valence-electron chi connectivity index (χ2n) is 10.3. The number of H-pyrrole nitrogens is 1. The van der Waals surface area contributed by atoms with Gasteiger partial charge < -0.3 is 4.74 Å². The normalized spacial score (nSPS) is 13.0. The molecule has 0 bridgehead atoms. The van der Waals surface area contributed by atoms with Crippen LogP contribution in [-0.4, -0.2) is 40.5 Å². The van der Waals surface area contributed by atoms with Gasteiger partial charge in [-0.1, -0.05) is 12.1 Å². The number of benzene rings is 2. The molecule has 4 heterocycles. The number of halogens is 1. The Labute approximate surface area is 238 Å². The maximum atomic E-state index is 13.5. The monoisotopic (exact) mass is 561 g/mol. The topological polar surface area (TPSA) is 121 Å². The summed E-state index contributed by atoms with van der Waals surface area (Å²) in [6.07, 6.45) is 10.2. The second kappa shape index (κ2) is 10.2. The Bertz CT molecular complexity index is 1990. The quantitative estimate of drug-likeness (QED) is 0.251. The van der Waals surface area contributed by atoms with E-state index in [0.717, 1.165) is 34.9 Å². The number of ether oxygens (including phenoxy) is 1. The maximum Gasteiger partial charge on any atom is 0.219 e. The lowest BCUT2D eigenvalue weighted by molar-refractivity contribution is 0.0983. The van der Waals surface area contributed by atoms with E-state index in [1.54, 1.807) is 52.5 Å². The van der Waals surface area contributed by atoms with E-state index >= 15 is 0 Å². The molecule has 0 saturated heterocycles. The van der Waals surface area contributed by atoms with E-state index in [1.807, 2.05) is 19.2 Å². The number of pyridine rings is 1. The largest absolute Gasteiger partial charge is 0.455 e. The molecular formula is C31H24FN7O3. The van der Waals surface area contributed by atoms with Crippen molar-refractivity contribution >= 4 is 16.7 Å². The fourth-order valence-electron chi connectivity index (χ4n) is 4.89. The Kier molecular flexibility index (Phi) is 6.19. The van der Waals surface area contributed by atoms with Gasteiger partial charge in [0.1, 0.15) is 17.3 Å². The number of nitrogens with one attached hydrogen (secondary N) is 1. The molecule has 0 amide bonds. The summed E-state index contributed by atoms with van der Waals surface area (Å²) in [5.74, 6) is 0.237. The first-order chi connectivity index (χ1) is 20.4. The third-order valence-electron chi connectivity index (χ3n) is 7.30. The highest BCUT2D eigenvalue weighted by Crippen LogP contribution is 2.37. The van der Waals surface area contributed by atoms with Crippen molar-refractivity contribution in [3.8, 4) is 33.8 Å². The van der Waals surface area contributed by atoms with Crippen molar-refractivity contribution in [3.05, 3.63) is 107 Å². The number of aromatic amines is 1. The summed E-state index contributed by atoms with van der Waals surface area (Å²) < 4.78 is 23.2. The average Bonchev–Trinajstić information content (AvgIpc) is 3.58. The molecule has 0 radical (unpaired) electrons. The summed E-state index contributed by atoms with van der Waals surface area (Å²) in [5, 5.41) is 16.5. The second-order valence-corrected chi connectivity index (χ2v) is 10.3. The molecule has 1 aliphatic rings. The van der Waals surface area contributed by atoms with Crippen molar-refractivity contribution in [2.75, 3.05) is 0 Å². The van der Waals surface area contributed by atoms with Gasteiger partial charge in [0.15, 0.2) is 11.5 Å². The van der Waals surface area contributed by atoms with Crippen LogP contribution in [0.3, 0.4) is 0 Å². The molecular weight excluding hydrogens is 537 g/mol. The van der Waals surface area contributed by atoms with Gasteiger partial charge in [-0.25, -0.2) is 4.39 Å². The van der Waals surface area contributed by atoms with Crippen LogP contribution in [0.4, 0.5) is 4.39 Å². The summed E-state index contributed by atoms with van der Waals surface area (Å²) in [6, 6.07) is 13.1. The number of aryl methyl sites for hydroxylation is 1. The first-order valence-corrected chi connectivity index (χ1v) is 13.4. The van der Waals surface area contributed by atoms with E-state index < -0.39 is 17.0 Å². The van der Waals surface area contributed by atoms with Crippen LogP contribution >= 0.6 is 0 Å². The molecule has 1 aliphatic carbocycles. The average molecular weight is 562 g/mol. The molecule has 42 heavy (non-hydrogen) atoms. The number of fused-ring (bicyclic) bond motifs is 1. The van der Waals surface area contributed by atoms with Crippen molar-refractivity contribution in [3.63, 3.8) is 0 Å². The Hall–Kier alpha value is -5.45. The molecule has 0 spiro atoms. The van der Waals surface area contributed by atoms with Crippen molar-refractivity contribution in [1.82, 2.24) is 34.7 Å². The van der Waals surface area contributed by atoms with E-state index in [-0.39, 0.29) is 18.2 Å². The number of hydrogen-bond acceptors (Lipinski definition) is 7. The molecule has 0 aliphatic heterocycles. The lowest BCUT2D eigenvalue weighted by Gasteiger charge is -2.12. The number of rotatable bonds is 8. The Morgan fingerprint density at radius 1 is 1.05 bits per heavy atom. The van der Waals surface area contributed by atoms with Gasteiger partial charge in [0.25, 0.3) is 0 Å². The number of aromatic nitrogens is 7. The molecule has 2 aromatic carbocycles. The number of Topliss-reactive ketones (excluding diaryl/α,β-unsaturated/α-hetero) is 1. The molecule has 0 atom stereocenters. The van der Waals surface area contributed by atoms with Crippen LogP contribution in [0.2, 0.25) is 0 Å². The zero-order valence-corrected chi connectivity index (χ0v) is 22.5. The zero-order valence-electron chi connectivity index (χ0n) is 22.5. The fourth-order valence-corrected chi connectivity index (χ4v) is 4.89. The highest BCUT2D eigenvalue weighted by Gasteiger charge is 2.27. The SMILES string of the molecule is Cn1ncc2cc(Oc3ccc(CC(=O)c4nn(C5CC5)cc(-c5ccc(F)cc5)c4=O)nc3)c(-c3cn[nH]c3)cc21. The summed E-state index contributed by atoms with van der Waals surface area (Å²) in [5.41, 5.74) is 3.32. The van der Waals surface area contributed by atoms with E-state index in [2.05, 4.69) is 25.4 Å². The summed E-state index contributed by atoms with van der Waals surface area (Å²) in [4.78, 5) is 31.1. The van der Waals surface area contributed by atoms with Crippen LogP contribution < -0.4 is 10.2 Å². The zero-order chi connectivity index (χ0) is 28.8. The van der Waals surface area contributed by atoms with Gasteiger partial charge in [0.2, 0.25) is 5.43 Å². The molecule has 4 aromatic heterocycles. The van der Waals surface area contributed by atoms with E-state index in [1.165, 1.54) is 24.3 Å². The molecule has 11 heteroatoms. The first-order valence-electron chi connectivity index (χ1n) is 13.4. The van der Waals surface area contributed by atoms with Crippen LogP contribution in [0.15, 0.2) is 84.3 Å². The van der Waals surface area contributed by atoms with Crippen LogP contribution in [-0.2, 0) is 13.5 Å². The summed E-state index contributed by atoms with van der Waals surface area (Å²) >= 11 is 0. The molecule has 7 rings (SSSR count). The van der Waals surface area contributed by atoms with Gasteiger partial charge in [-0.3, -0.25) is 29.0 Å². The molecule has 10 nitrogen and oxygen atoms in total. The molecule has 1 N–H and O–H groups in total. The van der Waals surface area contributed by atoms with E-state index in [0.29, 0.717) is 28.3 Å². The Balaban J connectivity index is 1.15. The minimum absolute atomic E-state index is 0.109. The predicted octanol–water partition coefficient (Wildman–Crippen LogP) is 5.27. The molecule has 0 unspecified atom stereocenters. The van der Waals surface area contributed by atoms with Gasteiger partial charge in [0.05, 0.1) is 36.6 Å². The van der Waals surface area contributed by atoms with Crippen LogP contribution in [0.5, 0.6) is 11.5 Å². The maximum absolute atomic E-state index is 13.5. The van der Waals surface area contributed by atoms with Crippen molar-refractivity contribution in [2.45, 2.75) is 25.3 Å². The van der Waals surface area contributed by atoms with Crippen molar-refractivity contribution < 1.29 is 13.9 Å². The summed E-state index contributed by atoms with van der Waals surface area (Å²) in [6.45, 7) is 0. The van der Waals surface area contributed by atoms with Crippen LogP contribution in [0.25, 0.3) is 33.2 Å². The van der Waals surface area contributed by atoms with Crippen LogP contribution in [0.1, 0.15) is 35.1 Å². The van der Waals surface area contributed by atoms with Crippen molar-refractivity contribution in [2.24, 2.45) is 7.05 Å². The van der Waals surface area contributed by atoms with Gasteiger partial charge in [-0.05, 0) is 54.8 Å². The Morgan fingerprint density at radius 3 is 2.60 bits per heavy atom. The first kappa shape index (κ1) is 25.5. The lowest BCUT2D eigenvalue weighted by Crippen LogP contribution is -2.25. The number of hydrogen-bond donors (Lipinski definition) is 1. The highest BCUT2D eigenvalue weighted by molar-refractivity contribution is 5.96. The van der Waals surface area contributed by atoms with Gasteiger partial charge in [-0.15, -0.1) is 0 Å². The number of ketones is 1. The molecule has 1 fully saturated rings. The fraction of sp³-hybridized carbons (Fsp3) is 0.161. The molecule has 6 aromatic rings. The number of carbonyl (C=O) groups excluding carboxylic acids is 1. The van der Waals surface area contributed by atoms with Crippen molar-refractivity contribution in [1.29, 1.82) is 0 Å². The minimum atomic E-state index is -0.485. The lowest BCUT2D eigenvalue weighted by atomic mass is 10.0. The third kappa shape index (κ3) is 4.85. The molecule has 1 saturated carbocycles. The van der Waals surface area contributed by atoms with Gasteiger partial charge >= 0.3 is 0 Å². The van der Waals surface area contributed by atoms with Crippen LogP contribution in [0, 0.1) is 5.82 Å². The number of carbonyl (C=O) groups is 1. The highest BCUT2D eigenvalue weighted by atomic mass is 19.1. The minimum Gasteiger partial charge on any atom is -0.455 e. The summed E-state index contributed by atoms with van der Waals surface area (Å²) in [7, 11) is 1.88. The van der Waals surface area contributed by atoms with Gasteiger partial charge in [0, 0.05) is 47.2 Å². The molecule has 208 valence electrons. The smallest absolute Gasteiger partial charge is 0.219 e. The number of nitrogens with zero attached hydrogens (tertiary/aromatic N) is 6. The van der Waals surface area contributed by atoms with E-state index in [4.69, 9.17) is 4.74 Å². The van der Waals surface area contributed by atoms with Gasteiger partial charge in [-0.2, -0.15) is 15.3 Å². The Morgan fingerprint density at radius 2 is 1.88 bits per heavy atom. The standard InChI is InChI=1S/C31H24FN7O3/c1-38-27-12-25(20-13-34-35-14-20)29(10-19(27)15-36-38)42-24-9-6-22(33-16-24)11-28(40)30-31(41)26(17-39(37-30)23-7-8-23)18-2-4-21(32)5-3-18/h2-6,9-10,12-17,23H,7-8,11H2,1H3,(H,34,35). The third-order valence-corrected chi connectivity index (χ3v) is 7.30.